The highest BCUT2D eigenvalue weighted by atomic mass is 32.2. The minimum atomic E-state index is -4.05. The molecule has 1 aromatic heterocycles. The number of nitrogens with one attached hydrogen (secondary N) is 2. The van der Waals surface area contributed by atoms with E-state index in [2.05, 4.69) is 25.6 Å². The number of nitrogens with zero attached hydrogens (tertiary/aromatic N) is 5. The molecule has 1 aliphatic heterocycles. The highest BCUT2D eigenvalue weighted by Crippen LogP contribution is 2.23. The van der Waals surface area contributed by atoms with Gasteiger partial charge in [-0.15, -0.1) is 4.98 Å². The Labute approximate surface area is 207 Å². The molecule has 0 spiro atoms. The number of amides is 3. The first-order valence-electron chi connectivity index (χ1n) is 10.9. The third kappa shape index (κ3) is 5.45. The molecule has 1 aliphatic carbocycles. The highest BCUT2D eigenvalue weighted by Gasteiger charge is 2.36. The van der Waals surface area contributed by atoms with Gasteiger partial charge in [0.15, 0.2) is 0 Å². The molecule has 188 valence electrons. The number of imide groups is 1. The van der Waals surface area contributed by atoms with Crippen molar-refractivity contribution in [3.8, 4) is 0 Å². The SMILES string of the molecule is C[N+](C)(C(=O)OC1=CCCC=C1)c1ncnc(Nc2ccc(S(=O)(=O)N3CC(=O)NC(=O)C3)cc2)n1. The Morgan fingerprint density at radius 3 is 2.42 bits per heavy atom. The summed E-state index contributed by atoms with van der Waals surface area (Å²) in [6, 6.07) is 5.63. The van der Waals surface area contributed by atoms with E-state index < -0.39 is 45.5 Å². The van der Waals surface area contributed by atoms with Gasteiger partial charge >= 0.3 is 12.0 Å². The first kappa shape index (κ1) is 25.1. The number of carbonyl (C=O) groups is 3. The zero-order valence-corrected chi connectivity index (χ0v) is 20.4. The Morgan fingerprint density at radius 2 is 1.78 bits per heavy atom. The van der Waals surface area contributed by atoms with E-state index >= 15 is 0 Å². The third-order valence-corrected chi connectivity index (χ3v) is 7.15. The minimum absolute atomic E-state index is 0.0847. The number of carbonyl (C=O) groups excluding carboxylic acids is 3. The molecule has 4 rings (SSSR count). The molecule has 0 unspecified atom stereocenters. The predicted octanol–water partition coefficient (Wildman–Crippen LogP) is 1.20. The number of anilines is 2. The molecule has 14 heteroatoms. The molecule has 1 aromatic carbocycles. The average Bonchev–Trinajstić information content (AvgIpc) is 2.84. The molecular weight excluding hydrogens is 490 g/mol. The van der Waals surface area contributed by atoms with Gasteiger partial charge in [-0.25, -0.2) is 13.4 Å². The maximum atomic E-state index is 12.8. The normalized spacial score (nSPS) is 16.8. The summed E-state index contributed by atoms with van der Waals surface area (Å²) in [6.45, 7) is -0.877. The van der Waals surface area contributed by atoms with E-state index in [1.807, 2.05) is 12.2 Å². The number of piperazine rings is 1. The predicted molar refractivity (Wildman–Crippen MR) is 128 cm³/mol. The van der Waals surface area contributed by atoms with E-state index in [0.29, 0.717) is 11.4 Å². The van der Waals surface area contributed by atoms with Crippen LogP contribution in [-0.2, 0) is 24.3 Å². The Kier molecular flexibility index (Phi) is 6.92. The number of quaternary nitrogens is 1. The number of hydrogen-bond donors (Lipinski definition) is 2. The van der Waals surface area contributed by atoms with E-state index in [4.69, 9.17) is 4.74 Å². The molecule has 1 saturated heterocycles. The minimum Gasteiger partial charge on any atom is -0.381 e. The van der Waals surface area contributed by atoms with Crippen LogP contribution in [0.3, 0.4) is 0 Å². The summed E-state index contributed by atoms with van der Waals surface area (Å²) >= 11 is 0. The molecule has 0 radical (unpaired) electrons. The van der Waals surface area contributed by atoms with Crippen molar-refractivity contribution in [3.05, 3.63) is 54.6 Å². The average molecular weight is 515 g/mol. The Hall–Kier alpha value is -4.01. The number of allylic oxidation sites excluding steroid dienone is 3. The summed E-state index contributed by atoms with van der Waals surface area (Å²) in [6.07, 6.45) is 7.84. The van der Waals surface area contributed by atoms with Gasteiger partial charge in [-0.2, -0.15) is 18.6 Å². The number of hydrogen-bond acceptors (Lipinski definition) is 10. The quantitative estimate of drug-likeness (QED) is 0.423. The van der Waals surface area contributed by atoms with Crippen LogP contribution in [0.5, 0.6) is 0 Å². The third-order valence-electron chi connectivity index (χ3n) is 5.35. The molecular formula is C22H24N7O6S+. The molecule has 2 N–H and O–H groups in total. The maximum absolute atomic E-state index is 12.8. The van der Waals surface area contributed by atoms with Gasteiger partial charge in [0.05, 0.1) is 32.1 Å². The summed E-state index contributed by atoms with van der Waals surface area (Å²) in [5.74, 6) is -0.643. The van der Waals surface area contributed by atoms with Gasteiger partial charge < -0.3 is 10.1 Å². The maximum Gasteiger partial charge on any atom is 0.528 e. The largest absolute Gasteiger partial charge is 0.528 e. The second-order valence-electron chi connectivity index (χ2n) is 8.41. The van der Waals surface area contributed by atoms with Crippen molar-refractivity contribution in [1.29, 1.82) is 0 Å². The first-order valence-corrected chi connectivity index (χ1v) is 12.3. The van der Waals surface area contributed by atoms with Crippen LogP contribution in [-0.4, -0.2) is 72.8 Å². The van der Waals surface area contributed by atoms with Crippen molar-refractivity contribution < 1.29 is 27.5 Å². The molecule has 0 atom stereocenters. The molecule has 3 amide bonds. The number of benzene rings is 1. The summed E-state index contributed by atoms with van der Waals surface area (Å²) in [5, 5.41) is 5.00. The van der Waals surface area contributed by atoms with Crippen molar-refractivity contribution in [2.75, 3.05) is 32.5 Å². The van der Waals surface area contributed by atoms with Crippen LogP contribution in [0.2, 0.25) is 0 Å². The Balaban J connectivity index is 1.47. The van der Waals surface area contributed by atoms with Crippen molar-refractivity contribution in [2.24, 2.45) is 0 Å². The van der Waals surface area contributed by atoms with Crippen LogP contribution >= 0.6 is 0 Å². The molecule has 2 aromatic rings. The fourth-order valence-electron chi connectivity index (χ4n) is 3.35. The number of sulfonamides is 1. The van der Waals surface area contributed by atoms with Gasteiger partial charge in [0.25, 0.3) is 0 Å². The zero-order chi connectivity index (χ0) is 25.9. The second-order valence-corrected chi connectivity index (χ2v) is 10.3. The molecule has 36 heavy (non-hydrogen) atoms. The van der Waals surface area contributed by atoms with Crippen LogP contribution in [0.1, 0.15) is 12.8 Å². The van der Waals surface area contributed by atoms with E-state index in [1.54, 1.807) is 20.2 Å². The van der Waals surface area contributed by atoms with E-state index in [-0.39, 0.29) is 16.8 Å². The standard InChI is InChI=1S/C22H23N7O6S/c1-29(2,22(32)35-16-6-4-3-5-7-16)21-24-14-23-20(27-21)25-15-8-10-17(11-9-15)36(33,34)28-12-18(30)26-19(31)13-28/h4,6-11,14H,3,5,12-13H2,1-2H3,(H-,23,24,25,26,27,30,31)/p+1. The summed E-state index contributed by atoms with van der Waals surface area (Å²) in [7, 11) is -0.880. The lowest BCUT2D eigenvalue weighted by Gasteiger charge is -2.24. The lowest BCUT2D eigenvalue weighted by Crippen LogP contribution is -2.53. The highest BCUT2D eigenvalue weighted by molar-refractivity contribution is 7.89. The van der Waals surface area contributed by atoms with Crippen LogP contribution in [0.25, 0.3) is 0 Å². The number of rotatable bonds is 6. The number of ether oxygens (including phenoxy) is 1. The summed E-state index contributed by atoms with van der Waals surface area (Å²) in [4.78, 5) is 48.3. The first-order chi connectivity index (χ1) is 17.1. The Bertz CT molecular complexity index is 1350. The van der Waals surface area contributed by atoms with E-state index in [0.717, 1.165) is 17.1 Å². The molecule has 1 fully saturated rings. The molecule has 0 bridgehead atoms. The van der Waals surface area contributed by atoms with Crippen molar-refractivity contribution in [2.45, 2.75) is 17.7 Å². The van der Waals surface area contributed by atoms with Gasteiger partial charge in [-0.1, -0.05) is 6.08 Å². The fraction of sp³-hybridized carbons (Fsp3) is 0.273. The van der Waals surface area contributed by atoms with Crippen molar-refractivity contribution in [1.82, 2.24) is 29.1 Å². The van der Waals surface area contributed by atoms with E-state index in [1.165, 1.54) is 30.6 Å². The second kappa shape index (κ2) is 9.93. The summed E-state index contributed by atoms with van der Waals surface area (Å²) < 4.78 is 31.5. The van der Waals surface area contributed by atoms with Crippen molar-refractivity contribution >= 4 is 45.5 Å². The van der Waals surface area contributed by atoms with E-state index in [9.17, 15) is 22.8 Å². The Morgan fingerprint density at radius 1 is 1.08 bits per heavy atom. The van der Waals surface area contributed by atoms with Gasteiger partial charge in [0.1, 0.15) is 12.1 Å². The fourth-order valence-corrected chi connectivity index (χ4v) is 4.70. The van der Waals surface area contributed by atoms with Gasteiger partial charge in [-0.05, 0) is 49.3 Å². The van der Waals surface area contributed by atoms with Crippen molar-refractivity contribution in [3.63, 3.8) is 0 Å². The van der Waals surface area contributed by atoms with Gasteiger partial charge in [0.2, 0.25) is 27.8 Å². The van der Waals surface area contributed by atoms with Gasteiger partial charge in [0, 0.05) is 5.69 Å². The van der Waals surface area contributed by atoms with Crippen LogP contribution in [0, 0.1) is 0 Å². The molecule has 0 saturated carbocycles. The smallest absolute Gasteiger partial charge is 0.381 e. The molecule has 13 nitrogen and oxygen atoms in total. The molecule has 2 aliphatic rings. The zero-order valence-electron chi connectivity index (χ0n) is 19.5. The monoisotopic (exact) mass is 514 g/mol. The topological polar surface area (TPSA) is 161 Å². The summed E-state index contributed by atoms with van der Waals surface area (Å²) in [5.41, 5.74) is 0.462. The van der Waals surface area contributed by atoms with Gasteiger partial charge in [-0.3, -0.25) is 14.9 Å². The van der Waals surface area contributed by atoms with Crippen LogP contribution in [0.15, 0.2) is 59.5 Å². The van der Waals surface area contributed by atoms with Crippen LogP contribution < -0.4 is 15.1 Å². The number of aromatic nitrogens is 3. The lowest BCUT2D eigenvalue weighted by atomic mass is 10.2. The van der Waals surface area contributed by atoms with Crippen LogP contribution in [0.4, 0.5) is 22.4 Å². The lowest BCUT2D eigenvalue weighted by molar-refractivity contribution is -0.134. The molecule has 2 heterocycles.